The Hall–Kier alpha value is -2.84. The van der Waals surface area contributed by atoms with Crippen molar-refractivity contribution in [1.29, 1.82) is 0 Å². The van der Waals surface area contributed by atoms with Crippen LogP contribution < -0.4 is 10.6 Å². The summed E-state index contributed by atoms with van der Waals surface area (Å²) in [6, 6.07) is 0. The van der Waals surface area contributed by atoms with Crippen LogP contribution in [0.4, 0.5) is 4.79 Å². The molecule has 1 aliphatic carbocycles. The first-order valence-electron chi connectivity index (χ1n) is 14.3. The van der Waals surface area contributed by atoms with Crippen LogP contribution in [0.3, 0.4) is 0 Å². The normalized spacial score (nSPS) is 17.8. The van der Waals surface area contributed by atoms with E-state index in [9.17, 15) is 19.2 Å². The van der Waals surface area contributed by atoms with Crippen LogP contribution in [0.1, 0.15) is 38.5 Å². The van der Waals surface area contributed by atoms with Gasteiger partial charge in [0.1, 0.15) is 6.10 Å². The van der Waals surface area contributed by atoms with Crippen molar-refractivity contribution >= 4 is 23.8 Å². The maximum Gasteiger partial charge on any atom is 0.407 e. The summed E-state index contributed by atoms with van der Waals surface area (Å²) in [5.41, 5.74) is 0. The van der Waals surface area contributed by atoms with Crippen molar-refractivity contribution in [2.45, 2.75) is 44.6 Å². The van der Waals surface area contributed by atoms with Gasteiger partial charge in [0.15, 0.2) is 0 Å². The van der Waals surface area contributed by atoms with E-state index in [2.05, 4.69) is 22.8 Å². The standard InChI is InChI=1S/C28H45N3O10/c32-25(10-13-31-26(33)8-9-27(31)34)29-11-14-36-16-18-38-20-22-40-23-21-39-19-17-37-15-12-30-28(35)41-24-6-4-2-1-3-5-7-24/h1-2,8-9,24H,3-7,10-23H2,(H,29,32)(H,30,35)/b2-1-/t24-/m1/s1. The third kappa shape index (κ3) is 17.6. The summed E-state index contributed by atoms with van der Waals surface area (Å²) >= 11 is 0. The molecule has 1 heterocycles. The first-order valence-corrected chi connectivity index (χ1v) is 14.3. The average molecular weight is 584 g/mol. The SMILES string of the molecule is O=C(CCN1C(=O)C=CC1=O)NCCOCCOCCOCCOCCOCCNC(=O)O[C@@H]1CC/C=C\CCC1. The van der Waals surface area contributed by atoms with Crippen molar-refractivity contribution < 1.29 is 47.6 Å². The summed E-state index contributed by atoms with van der Waals surface area (Å²) in [5.74, 6) is -1.05. The molecular formula is C28H45N3O10. The van der Waals surface area contributed by atoms with Gasteiger partial charge in [0.25, 0.3) is 11.8 Å². The quantitative estimate of drug-likeness (QED) is 0.108. The van der Waals surface area contributed by atoms with Crippen molar-refractivity contribution in [3.05, 3.63) is 24.3 Å². The van der Waals surface area contributed by atoms with Gasteiger partial charge in [-0.1, -0.05) is 12.2 Å². The van der Waals surface area contributed by atoms with Gasteiger partial charge in [0.05, 0.1) is 66.1 Å². The number of imide groups is 1. The summed E-state index contributed by atoms with van der Waals surface area (Å²) in [7, 11) is 0. The minimum absolute atomic E-state index is 0.0182. The van der Waals surface area contributed by atoms with E-state index in [1.54, 1.807) is 0 Å². The van der Waals surface area contributed by atoms with Crippen molar-refractivity contribution in [2.75, 3.05) is 85.7 Å². The Labute approximate surface area is 241 Å². The highest BCUT2D eigenvalue weighted by Gasteiger charge is 2.23. The molecule has 0 unspecified atom stereocenters. The molecule has 0 aromatic heterocycles. The maximum absolute atomic E-state index is 11.9. The van der Waals surface area contributed by atoms with E-state index in [0.717, 1.165) is 37.0 Å². The Morgan fingerprint density at radius 3 is 1.80 bits per heavy atom. The molecule has 0 fully saturated rings. The van der Waals surface area contributed by atoms with Crippen molar-refractivity contribution in [3.63, 3.8) is 0 Å². The summed E-state index contributed by atoms with van der Waals surface area (Å²) in [6.07, 6.45) is 11.1. The minimum atomic E-state index is -0.397. The lowest BCUT2D eigenvalue weighted by Crippen LogP contribution is -2.35. The molecule has 232 valence electrons. The number of nitrogens with zero attached hydrogens (tertiary/aromatic N) is 1. The molecule has 4 amide bonds. The Kier molecular flexibility index (Phi) is 19.1. The fraction of sp³-hybridized carbons (Fsp3) is 0.714. The molecule has 0 saturated carbocycles. The van der Waals surface area contributed by atoms with Crippen molar-refractivity contribution in [2.24, 2.45) is 0 Å². The molecule has 0 bridgehead atoms. The lowest BCUT2D eigenvalue weighted by molar-refractivity contribution is -0.137. The zero-order chi connectivity index (χ0) is 29.4. The summed E-state index contributed by atoms with van der Waals surface area (Å²) in [4.78, 5) is 47.5. The van der Waals surface area contributed by atoms with E-state index in [1.807, 2.05) is 0 Å². The van der Waals surface area contributed by atoms with Crippen LogP contribution in [0.15, 0.2) is 24.3 Å². The molecule has 0 spiro atoms. The Balaban J connectivity index is 1.24. The van der Waals surface area contributed by atoms with Crippen LogP contribution in [0.25, 0.3) is 0 Å². The van der Waals surface area contributed by atoms with Gasteiger partial charge < -0.3 is 39.1 Å². The second-order valence-electron chi connectivity index (χ2n) is 9.26. The minimum Gasteiger partial charge on any atom is -0.446 e. The predicted molar refractivity (Wildman–Crippen MR) is 148 cm³/mol. The van der Waals surface area contributed by atoms with E-state index in [4.69, 9.17) is 28.4 Å². The fourth-order valence-electron chi connectivity index (χ4n) is 3.86. The molecule has 1 aliphatic heterocycles. The molecule has 2 N–H and O–H groups in total. The first kappa shape index (κ1) is 34.4. The molecular weight excluding hydrogens is 538 g/mol. The smallest absolute Gasteiger partial charge is 0.407 e. The van der Waals surface area contributed by atoms with Gasteiger partial charge in [0, 0.05) is 38.2 Å². The molecule has 41 heavy (non-hydrogen) atoms. The van der Waals surface area contributed by atoms with Gasteiger partial charge >= 0.3 is 6.09 Å². The largest absolute Gasteiger partial charge is 0.446 e. The van der Waals surface area contributed by atoms with Crippen LogP contribution in [0.5, 0.6) is 0 Å². The number of hydrogen-bond donors (Lipinski definition) is 2. The van der Waals surface area contributed by atoms with E-state index in [-0.39, 0.29) is 25.0 Å². The number of allylic oxidation sites excluding steroid dienone is 2. The van der Waals surface area contributed by atoms with Gasteiger partial charge in [-0.3, -0.25) is 19.3 Å². The highest BCUT2D eigenvalue weighted by atomic mass is 16.6. The number of rotatable bonds is 22. The van der Waals surface area contributed by atoms with Gasteiger partial charge in [-0.15, -0.1) is 0 Å². The highest BCUT2D eigenvalue weighted by Crippen LogP contribution is 2.15. The van der Waals surface area contributed by atoms with Gasteiger partial charge in [-0.05, 0) is 32.1 Å². The third-order valence-electron chi connectivity index (χ3n) is 6.03. The van der Waals surface area contributed by atoms with Crippen LogP contribution in [0.2, 0.25) is 0 Å². The molecule has 1 atom stereocenters. The number of nitrogens with one attached hydrogen (secondary N) is 2. The monoisotopic (exact) mass is 583 g/mol. The molecule has 0 aromatic carbocycles. The molecule has 13 heteroatoms. The average Bonchev–Trinajstić information content (AvgIpc) is 3.26. The fourth-order valence-corrected chi connectivity index (χ4v) is 3.86. The lowest BCUT2D eigenvalue weighted by Gasteiger charge is -2.18. The number of amides is 4. The van der Waals surface area contributed by atoms with Crippen molar-refractivity contribution in [3.8, 4) is 0 Å². The molecule has 13 nitrogen and oxygen atoms in total. The number of carbonyl (C=O) groups excluding carboxylic acids is 4. The number of alkyl carbamates (subject to hydrolysis) is 1. The zero-order valence-electron chi connectivity index (χ0n) is 23.9. The third-order valence-corrected chi connectivity index (χ3v) is 6.03. The Morgan fingerprint density at radius 1 is 0.707 bits per heavy atom. The molecule has 0 saturated heterocycles. The first-order chi connectivity index (χ1) is 20.1. The summed E-state index contributed by atoms with van der Waals surface area (Å²) in [6.45, 7) is 4.92. The molecule has 0 radical (unpaired) electrons. The van der Waals surface area contributed by atoms with Crippen LogP contribution in [-0.2, 0) is 42.8 Å². The van der Waals surface area contributed by atoms with Crippen LogP contribution in [-0.4, -0.2) is 121 Å². The second-order valence-corrected chi connectivity index (χ2v) is 9.26. The summed E-state index contributed by atoms with van der Waals surface area (Å²) in [5, 5.41) is 5.39. The van der Waals surface area contributed by atoms with E-state index >= 15 is 0 Å². The summed E-state index contributed by atoms with van der Waals surface area (Å²) < 4.78 is 32.6. The molecule has 0 aromatic rings. The topological polar surface area (TPSA) is 151 Å². The Morgan fingerprint density at radius 2 is 1.22 bits per heavy atom. The number of hydrogen-bond acceptors (Lipinski definition) is 10. The van der Waals surface area contributed by atoms with Crippen LogP contribution in [0, 0.1) is 0 Å². The van der Waals surface area contributed by atoms with Gasteiger partial charge in [-0.25, -0.2) is 4.79 Å². The van der Waals surface area contributed by atoms with Gasteiger partial charge in [0.2, 0.25) is 5.91 Å². The van der Waals surface area contributed by atoms with E-state index in [0.29, 0.717) is 79.2 Å². The lowest BCUT2D eigenvalue weighted by atomic mass is 10.0. The van der Waals surface area contributed by atoms with Crippen LogP contribution >= 0.6 is 0 Å². The van der Waals surface area contributed by atoms with Crippen molar-refractivity contribution in [1.82, 2.24) is 15.5 Å². The molecule has 2 rings (SSSR count). The molecule has 2 aliphatic rings. The second kappa shape index (κ2) is 22.8. The number of ether oxygens (including phenoxy) is 6. The van der Waals surface area contributed by atoms with E-state index in [1.165, 1.54) is 12.2 Å². The number of carbonyl (C=O) groups is 4. The maximum atomic E-state index is 11.9. The van der Waals surface area contributed by atoms with Gasteiger partial charge in [-0.2, -0.15) is 0 Å². The zero-order valence-corrected chi connectivity index (χ0v) is 23.9. The van der Waals surface area contributed by atoms with E-state index < -0.39 is 17.9 Å². The Bertz CT molecular complexity index is 818. The predicted octanol–water partition coefficient (Wildman–Crippen LogP) is 1.12. The highest BCUT2D eigenvalue weighted by molar-refractivity contribution is 6.13.